The fourth-order valence-corrected chi connectivity index (χ4v) is 3.60. The highest BCUT2D eigenvalue weighted by atomic mass is 32.1. The van der Waals surface area contributed by atoms with E-state index in [0.29, 0.717) is 18.7 Å². The maximum absolute atomic E-state index is 12.3. The lowest BCUT2D eigenvalue weighted by atomic mass is 10.1. The van der Waals surface area contributed by atoms with Gasteiger partial charge in [-0.25, -0.2) is 9.97 Å². The molecular weight excluding hydrogens is 382 g/mol. The summed E-state index contributed by atoms with van der Waals surface area (Å²) in [5, 5.41) is 5.82. The number of aryl methyl sites for hydroxylation is 3. The second-order valence-electron chi connectivity index (χ2n) is 6.88. The van der Waals surface area contributed by atoms with E-state index in [1.54, 1.807) is 23.7 Å². The molecule has 29 heavy (non-hydrogen) atoms. The predicted octanol–water partition coefficient (Wildman–Crippen LogP) is 5.65. The second kappa shape index (κ2) is 8.41. The van der Waals surface area contributed by atoms with E-state index >= 15 is 0 Å². The lowest BCUT2D eigenvalue weighted by Crippen LogP contribution is -2.12. The first-order valence-corrected chi connectivity index (χ1v) is 10.3. The maximum Gasteiger partial charge on any atom is 0.224 e. The maximum atomic E-state index is 12.3. The predicted molar refractivity (Wildman–Crippen MR) is 116 cm³/mol. The molecule has 0 aliphatic rings. The van der Waals surface area contributed by atoms with Crippen LogP contribution < -0.4 is 5.32 Å². The lowest BCUT2D eigenvalue weighted by molar-refractivity contribution is -0.116. The Bertz CT molecular complexity index is 1120. The Balaban J connectivity index is 1.33. The summed E-state index contributed by atoms with van der Waals surface area (Å²) in [6, 6.07) is 13.9. The first kappa shape index (κ1) is 19.1. The van der Waals surface area contributed by atoms with Crippen molar-refractivity contribution < 1.29 is 9.21 Å². The number of rotatable bonds is 6. The Labute approximate surface area is 173 Å². The van der Waals surface area contributed by atoms with Crippen molar-refractivity contribution in [3.8, 4) is 21.9 Å². The number of thiazole rings is 1. The number of hydrogen-bond acceptors (Lipinski definition) is 5. The van der Waals surface area contributed by atoms with Crippen LogP contribution in [-0.4, -0.2) is 15.9 Å². The van der Waals surface area contributed by atoms with Gasteiger partial charge in [0.1, 0.15) is 5.01 Å². The van der Waals surface area contributed by atoms with Gasteiger partial charge in [-0.2, -0.15) is 0 Å². The number of nitrogens with one attached hydrogen (secondary N) is 1. The molecule has 6 heteroatoms. The lowest BCUT2D eigenvalue weighted by Gasteiger charge is -2.05. The molecule has 1 N–H and O–H groups in total. The van der Waals surface area contributed by atoms with Gasteiger partial charge in [-0.1, -0.05) is 12.1 Å². The molecule has 0 bridgehead atoms. The zero-order valence-corrected chi connectivity index (χ0v) is 17.1. The van der Waals surface area contributed by atoms with Crippen LogP contribution >= 0.6 is 11.3 Å². The molecule has 0 saturated heterocycles. The first-order valence-electron chi connectivity index (χ1n) is 9.40. The van der Waals surface area contributed by atoms with E-state index in [1.165, 1.54) is 11.1 Å². The largest absolute Gasteiger partial charge is 0.441 e. The topological polar surface area (TPSA) is 68.0 Å². The number of carbonyl (C=O) groups is 1. The third-order valence-electron chi connectivity index (χ3n) is 4.76. The van der Waals surface area contributed by atoms with Crippen molar-refractivity contribution in [3.05, 3.63) is 77.3 Å². The molecule has 4 rings (SSSR count). The number of benzene rings is 2. The van der Waals surface area contributed by atoms with Gasteiger partial charge in [-0.3, -0.25) is 4.79 Å². The van der Waals surface area contributed by atoms with Crippen LogP contribution in [-0.2, 0) is 11.2 Å². The fourth-order valence-electron chi connectivity index (χ4n) is 2.96. The average molecular weight is 404 g/mol. The first-order chi connectivity index (χ1) is 14.1. The van der Waals surface area contributed by atoms with Gasteiger partial charge >= 0.3 is 0 Å². The molecule has 2 aromatic carbocycles. The molecule has 0 atom stereocenters. The number of oxazole rings is 1. The normalized spacial score (nSPS) is 10.8. The summed E-state index contributed by atoms with van der Waals surface area (Å²) in [7, 11) is 0. The van der Waals surface area contributed by atoms with Crippen molar-refractivity contribution in [1.82, 2.24) is 9.97 Å². The zero-order valence-electron chi connectivity index (χ0n) is 16.3. The quantitative estimate of drug-likeness (QED) is 0.451. The number of amides is 1. The number of hydrogen-bond donors (Lipinski definition) is 1. The summed E-state index contributed by atoms with van der Waals surface area (Å²) >= 11 is 1.59. The van der Waals surface area contributed by atoms with Gasteiger partial charge in [0.15, 0.2) is 11.7 Å². The van der Waals surface area contributed by atoms with Crippen LogP contribution in [0.4, 0.5) is 5.69 Å². The minimum absolute atomic E-state index is 0.0714. The van der Waals surface area contributed by atoms with Crippen LogP contribution in [0.25, 0.3) is 21.9 Å². The van der Waals surface area contributed by atoms with E-state index in [4.69, 9.17) is 4.42 Å². The van der Waals surface area contributed by atoms with Crippen molar-refractivity contribution in [2.75, 3.05) is 5.32 Å². The van der Waals surface area contributed by atoms with E-state index in [-0.39, 0.29) is 5.91 Å². The standard InChI is InChI=1S/C23H21N3O2S/c1-15-3-4-18(13-16(15)2)20-14-25-22(28-20)10-9-21(27)26-19-7-5-17(6-8-19)23-24-11-12-29-23/h3-8,11-14H,9-10H2,1-2H3,(H,26,27). The Morgan fingerprint density at radius 2 is 1.83 bits per heavy atom. The van der Waals surface area contributed by atoms with Gasteiger partial charge in [-0.15, -0.1) is 11.3 Å². The zero-order chi connectivity index (χ0) is 20.2. The van der Waals surface area contributed by atoms with Crippen LogP contribution in [0.3, 0.4) is 0 Å². The molecule has 2 heterocycles. The Hall–Kier alpha value is -3.25. The monoisotopic (exact) mass is 403 g/mol. The van der Waals surface area contributed by atoms with E-state index < -0.39 is 0 Å². The van der Waals surface area contributed by atoms with Crippen molar-refractivity contribution in [2.45, 2.75) is 26.7 Å². The number of anilines is 1. The van der Waals surface area contributed by atoms with E-state index in [1.807, 2.05) is 35.7 Å². The van der Waals surface area contributed by atoms with Crippen molar-refractivity contribution in [3.63, 3.8) is 0 Å². The Morgan fingerprint density at radius 3 is 2.55 bits per heavy atom. The highest BCUT2D eigenvalue weighted by Crippen LogP contribution is 2.24. The van der Waals surface area contributed by atoms with E-state index in [0.717, 1.165) is 27.6 Å². The van der Waals surface area contributed by atoms with Crippen molar-refractivity contribution in [1.29, 1.82) is 0 Å². The van der Waals surface area contributed by atoms with E-state index in [9.17, 15) is 4.79 Å². The summed E-state index contributed by atoms with van der Waals surface area (Å²) < 4.78 is 5.83. The Morgan fingerprint density at radius 1 is 1.03 bits per heavy atom. The Kier molecular flexibility index (Phi) is 5.53. The van der Waals surface area contributed by atoms with Gasteiger partial charge in [-0.05, 0) is 55.3 Å². The molecule has 1 amide bonds. The highest BCUT2D eigenvalue weighted by molar-refractivity contribution is 7.13. The molecule has 0 saturated carbocycles. The van der Waals surface area contributed by atoms with Crippen LogP contribution in [0.5, 0.6) is 0 Å². The summed E-state index contributed by atoms with van der Waals surface area (Å²) in [5.41, 5.74) is 5.25. The molecule has 4 aromatic rings. The number of carbonyl (C=O) groups excluding carboxylic acids is 1. The third kappa shape index (κ3) is 4.60. The summed E-state index contributed by atoms with van der Waals surface area (Å²) in [6.07, 6.45) is 4.26. The molecule has 0 aliphatic heterocycles. The number of aromatic nitrogens is 2. The molecule has 0 unspecified atom stereocenters. The smallest absolute Gasteiger partial charge is 0.224 e. The molecule has 2 aromatic heterocycles. The van der Waals surface area contributed by atoms with Crippen molar-refractivity contribution >= 4 is 22.9 Å². The summed E-state index contributed by atoms with van der Waals surface area (Å²) in [6.45, 7) is 4.15. The third-order valence-corrected chi connectivity index (χ3v) is 5.58. The van der Waals surface area contributed by atoms with Gasteiger partial charge in [0.05, 0.1) is 6.20 Å². The molecule has 5 nitrogen and oxygen atoms in total. The van der Waals surface area contributed by atoms with Gasteiger partial charge in [0.25, 0.3) is 0 Å². The summed E-state index contributed by atoms with van der Waals surface area (Å²) in [4.78, 5) is 20.9. The molecule has 146 valence electrons. The van der Waals surface area contributed by atoms with Crippen LogP contribution in [0.2, 0.25) is 0 Å². The average Bonchev–Trinajstić information content (AvgIpc) is 3.41. The highest BCUT2D eigenvalue weighted by Gasteiger charge is 2.10. The van der Waals surface area contributed by atoms with Crippen molar-refractivity contribution in [2.24, 2.45) is 0 Å². The molecule has 0 aliphatic carbocycles. The van der Waals surface area contributed by atoms with E-state index in [2.05, 4.69) is 41.3 Å². The second-order valence-corrected chi connectivity index (χ2v) is 7.77. The van der Waals surface area contributed by atoms with Crippen LogP contribution in [0.1, 0.15) is 23.4 Å². The molecule has 0 spiro atoms. The minimum atomic E-state index is -0.0714. The molecule has 0 radical (unpaired) electrons. The van der Waals surface area contributed by atoms with Gasteiger partial charge in [0.2, 0.25) is 5.91 Å². The van der Waals surface area contributed by atoms with Crippen LogP contribution in [0, 0.1) is 13.8 Å². The van der Waals surface area contributed by atoms with Crippen LogP contribution in [0.15, 0.2) is 64.7 Å². The SMILES string of the molecule is Cc1ccc(-c2cnc(CCC(=O)Nc3ccc(-c4nccs4)cc3)o2)cc1C. The fraction of sp³-hybridized carbons (Fsp3) is 0.174. The molecular formula is C23H21N3O2S. The van der Waals surface area contributed by atoms with Gasteiger partial charge in [0, 0.05) is 41.2 Å². The number of nitrogens with zero attached hydrogens (tertiary/aromatic N) is 2. The minimum Gasteiger partial charge on any atom is -0.441 e. The summed E-state index contributed by atoms with van der Waals surface area (Å²) in [5.74, 6) is 1.21. The van der Waals surface area contributed by atoms with Gasteiger partial charge < -0.3 is 9.73 Å². The molecule has 0 fully saturated rings.